The van der Waals surface area contributed by atoms with E-state index >= 15 is 0 Å². The third-order valence-corrected chi connectivity index (χ3v) is 4.19. The summed E-state index contributed by atoms with van der Waals surface area (Å²) in [4.78, 5) is 2.66. The van der Waals surface area contributed by atoms with Crippen LogP contribution >= 0.6 is 0 Å². The van der Waals surface area contributed by atoms with Gasteiger partial charge in [-0.1, -0.05) is 20.8 Å². The molecule has 1 N–H and O–H groups in total. The number of nitrogens with zero attached hydrogens (tertiary/aromatic N) is 1. The van der Waals surface area contributed by atoms with Crippen LogP contribution in [0.4, 0.5) is 0 Å². The van der Waals surface area contributed by atoms with Crippen LogP contribution in [0.1, 0.15) is 40.5 Å². The predicted octanol–water partition coefficient (Wildman–Crippen LogP) is 2.12. The number of hydrogen-bond acceptors (Lipinski definition) is 3. The van der Waals surface area contributed by atoms with Gasteiger partial charge in [-0.2, -0.15) is 0 Å². The van der Waals surface area contributed by atoms with Crippen LogP contribution in [0.25, 0.3) is 0 Å². The maximum Gasteiger partial charge on any atom is 0.0589 e. The van der Waals surface area contributed by atoms with Crippen LogP contribution in [-0.4, -0.2) is 50.3 Å². The molecule has 0 radical (unpaired) electrons. The second-order valence-electron chi connectivity index (χ2n) is 5.96. The normalized spacial score (nSPS) is 26.1. The Labute approximate surface area is 107 Å². The van der Waals surface area contributed by atoms with E-state index in [-0.39, 0.29) is 0 Å². The van der Waals surface area contributed by atoms with Crippen molar-refractivity contribution >= 4 is 0 Å². The molecule has 0 bridgehead atoms. The Bertz CT molecular complexity index is 218. The fourth-order valence-electron chi connectivity index (χ4n) is 2.89. The van der Waals surface area contributed by atoms with Crippen LogP contribution in [0.3, 0.4) is 0 Å². The summed E-state index contributed by atoms with van der Waals surface area (Å²) < 4.78 is 5.27. The molecule has 3 nitrogen and oxygen atoms in total. The molecular formula is C14H30N2O. The second kappa shape index (κ2) is 6.72. The second-order valence-corrected chi connectivity index (χ2v) is 5.96. The number of ether oxygens (including phenoxy) is 1. The van der Waals surface area contributed by atoms with Gasteiger partial charge in [0.2, 0.25) is 0 Å². The van der Waals surface area contributed by atoms with Gasteiger partial charge in [0.1, 0.15) is 0 Å². The van der Waals surface area contributed by atoms with Crippen LogP contribution in [0.2, 0.25) is 0 Å². The van der Waals surface area contributed by atoms with Gasteiger partial charge in [0, 0.05) is 32.3 Å². The van der Waals surface area contributed by atoms with Crippen molar-refractivity contribution in [3.8, 4) is 0 Å². The highest BCUT2D eigenvalue weighted by Crippen LogP contribution is 2.31. The van der Waals surface area contributed by atoms with Crippen LogP contribution in [-0.2, 0) is 4.74 Å². The number of rotatable bonds is 6. The van der Waals surface area contributed by atoms with Gasteiger partial charge in [0.05, 0.1) is 6.61 Å². The number of hydrogen-bond donors (Lipinski definition) is 1. The molecule has 0 aromatic carbocycles. The maximum atomic E-state index is 5.27. The van der Waals surface area contributed by atoms with Crippen molar-refractivity contribution in [3.63, 3.8) is 0 Å². The highest BCUT2D eigenvalue weighted by atomic mass is 16.5. The third-order valence-electron chi connectivity index (χ3n) is 4.19. The molecule has 1 heterocycles. The van der Waals surface area contributed by atoms with Gasteiger partial charge in [-0.15, -0.1) is 0 Å². The molecule has 0 spiro atoms. The average molecular weight is 242 g/mol. The minimum atomic E-state index is 0.357. The quantitative estimate of drug-likeness (QED) is 0.772. The lowest BCUT2D eigenvalue weighted by Gasteiger charge is -2.47. The van der Waals surface area contributed by atoms with Crippen molar-refractivity contribution in [1.82, 2.24) is 10.2 Å². The number of piperidine rings is 1. The molecule has 1 aliphatic rings. The van der Waals surface area contributed by atoms with E-state index in [4.69, 9.17) is 4.74 Å². The molecule has 1 aliphatic heterocycles. The number of nitrogens with one attached hydrogen (secondary N) is 1. The molecule has 3 heteroatoms. The Kier molecular flexibility index (Phi) is 5.90. The van der Waals surface area contributed by atoms with Crippen molar-refractivity contribution in [1.29, 1.82) is 0 Å². The molecule has 0 aromatic rings. The van der Waals surface area contributed by atoms with E-state index in [9.17, 15) is 0 Å². The first-order valence-corrected chi connectivity index (χ1v) is 6.98. The van der Waals surface area contributed by atoms with Gasteiger partial charge in [-0.3, -0.25) is 4.90 Å². The first kappa shape index (κ1) is 14.9. The van der Waals surface area contributed by atoms with Crippen LogP contribution in [0.5, 0.6) is 0 Å². The van der Waals surface area contributed by atoms with E-state index in [1.165, 1.54) is 12.8 Å². The van der Waals surface area contributed by atoms with Gasteiger partial charge >= 0.3 is 0 Å². The highest BCUT2D eigenvalue weighted by molar-refractivity contribution is 4.93. The van der Waals surface area contributed by atoms with Gasteiger partial charge in [0.15, 0.2) is 0 Å². The fraction of sp³-hybridized carbons (Fsp3) is 1.00. The summed E-state index contributed by atoms with van der Waals surface area (Å²) in [5.74, 6) is 0. The van der Waals surface area contributed by atoms with Gasteiger partial charge < -0.3 is 10.1 Å². The van der Waals surface area contributed by atoms with Crippen molar-refractivity contribution in [3.05, 3.63) is 0 Å². The molecule has 0 aliphatic carbocycles. The fourth-order valence-corrected chi connectivity index (χ4v) is 2.89. The molecular weight excluding hydrogens is 212 g/mol. The van der Waals surface area contributed by atoms with E-state index in [0.717, 1.165) is 26.2 Å². The SMILES string of the molecule is CCC(C)N(CCOC)C1CCNCC1(C)C. The summed E-state index contributed by atoms with van der Waals surface area (Å²) in [6.45, 7) is 13.5. The smallest absolute Gasteiger partial charge is 0.0589 e. The lowest BCUT2D eigenvalue weighted by atomic mass is 9.78. The van der Waals surface area contributed by atoms with E-state index in [1.807, 2.05) is 0 Å². The molecule has 2 atom stereocenters. The summed E-state index contributed by atoms with van der Waals surface area (Å²) in [6.07, 6.45) is 2.46. The minimum absolute atomic E-state index is 0.357. The van der Waals surface area contributed by atoms with Crippen LogP contribution < -0.4 is 5.32 Å². The largest absolute Gasteiger partial charge is 0.383 e. The van der Waals surface area contributed by atoms with E-state index < -0.39 is 0 Å². The van der Waals surface area contributed by atoms with Crippen molar-refractivity contribution < 1.29 is 4.74 Å². The lowest BCUT2D eigenvalue weighted by Crippen LogP contribution is -2.57. The van der Waals surface area contributed by atoms with Gasteiger partial charge in [-0.05, 0) is 31.7 Å². The molecule has 102 valence electrons. The Balaban J connectivity index is 2.72. The third kappa shape index (κ3) is 3.94. The Morgan fingerprint density at radius 1 is 1.47 bits per heavy atom. The zero-order valence-corrected chi connectivity index (χ0v) is 12.3. The van der Waals surface area contributed by atoms with Crippen LogP contribution in [0, 0.1) is 5.41 Å². The zero-order chi connectivity index (χ0) is 12.9. The standard InChI is InChI=1S/C14H30N2O/c1-6-12(2)16(9-10-17-5)13-7-8-15-11-14(13,3)4/h12-13,15H,6-11H2,1-5H3. The summed E-state index contributed by atoms with van der Waals surface area (Å²) in [7, 11) is 1.79. The average Bonchev–Trinajstić information content (AvgIpc) is 2.30. The first-order chi connectivity index (χ1) is 8.03. The minimum Gasteiger partial charge on any atom is -0.383 e. The van der Waals surface area contributed by atoms with Crippen molar-refractivity contribution in [2.45, 2.75) is 52.6 Å². The summed E-state index contributed by atoms with van der Waals surface area (Å²) in [6, 6.07) is 1.32. The van der Waals surface area contributed by atoms with Gasteiger partial charge in [-0.25, -0.2) is 0 Å². The molecule has 17 heavy (non-hydrogen) atoms. The molecule has 2 unspecified atom stereocenters. The maximum absolute atomic E-state index is 5.27. The topological polar surface area (TPSA) is 24.5 Å². The predicted molar refractivity (Wildman–Crippen MR) is 73.4 cm³/mol. The summed E-state index contributed by atoms with van der Waals surface area (Å²) >= 11 is 0. The summed E-state index contributed by atoms with van der Waals surface area (Å²) in [5, 5.41) is 3.51. The molecule has 1 fully saturated rings. The Morgan fingerprint density at radius 2 is 2.18 bits per heavy atom. The molecule has 0 amide bonds. The molecule has 1 saturated heterocycles. The Hall–Kier alpha value is -0.120. The van der Waals surface area contributed by atoms with E-state index in [0.29, 0.717) is 17.5 Å². The number of methoxy groups -OCH3 is 1. The molecule has 1 rings (SSSR count). The van der Waals surface area contributed by atoms with E-state index in [2.05, 4.69) is 37.9 Å². The van der Waals surface area contributed by atoms with E-state index in [1.54, 1.807) is 7.11 Å². The van der Waals surface area contributed by atoms with Gasteiger partial charge in [0.25, 0.3) is 0 Å². The lowest BCUT2D eigenvalue weighted by molar-refractivity contribution is 0.0133. The molecule has 0 aromatic heterocycles. The Morgan fingerprint density at radius 3 is 2.71 bits per heavy atom. The first-order valence-electron chi connectivity index (χ1n) is 6.98. The highest BCUT2D eigenvalue weighted by Gasteiger charge is 2.37. The monoisotopic (exact) mass is 242 g/mol. The van der Waals surface area contributed by atoms with Crippen LogP contribution in [0.15, 0.2) is 0 Å². The zero-order valence-electron chi connectivity index (χ0n) is 12.3. The molecule has 0 saturated carbocycles. The van der Waals surface area contributed by atoms with Crippen molar-refractivity contribution in [2.75, 3.05) is 33.4 Å². The summed E-state index contributed by atoms with van der Waals surface area (Å²) in [5.41, 5.74) is 0.357. The van der Waals surface area contributed by atoms with Crippen molar-refractivity contribution in [2.24, 2.45) is 5.41 Å².